The average molecular weight is 497 g/mol. The molecule has 0 bridgehead atoms. The number of amides is 1. The van der Waals surface area contributed by atoms with Crippen molar-refractivity contribution in [3.63, 3.8) is 0 Å². The maximum absolute atomic E-state index is 11.7. The van der Waals surface area contributed by atoms with Crippen molar-refractivity contribution in [2.75, 3.05) is 10.6 Å². The van der Waals surface area contributed by atoms with Crippen LogP contribution >= 0.6 is 11.6 Å². The van der Waals surface area contributed by atoms with Gasteiger partial charge in [0.05, 0.1) is 11.9 Å². The number of halogens is 1. The third-order valence-corrected chi connectivity index (χ3v) is 6.23. The lowest BCUT2D eigenvalue weighted by Crippen LogP contribution is -2.08. The summed E-state index contributed by atoms with van der Waals surface area (Å²) in [6.45, 7) is 8.26. The van der Waals surface area contributed by atoms with Gasteiger partial charge < -0.3 is 10.6 Å². The molecule has 5 rings (SSSR count). The number of carbonyl (C=O) groups excluding carboxylic acids is 1. The van der Waals surface area contributed by atoms with Crippen LogP contribution in [0.2, 0.25) is 5.15 Å². The van der Waals surface area contributed by atoms with Crippen LogP contribution in [-0.2, 0) is 11.3 Å². The summed E-state index contributed by atoms with van der Waals surface area (Å²) in [4.78, 5) is 20.9. The molecule has 0 atom stereocenters. The molecular formula is C28H25ClN6O. The molecule has 7 nitrogen and oxygen atoms in total. The van der Waals surface area contributed by atoms with E-state index < -0.39 is 0 Å². The first-order valence-electron chi connectivity index (χ1n) is 11.6. The predicted molar refractivity (Wildman–Crippen MR) is 145 cm³/mol. The summed E-state index contributed by atoms with van der Waals surface area (Å²) in [6.07, 6.45) is 4.88. The molecule has 5 aromatic rings. The zero-order valence-corrected chi connectivity index (χ0v) is 20.8. The summed E-state index contributed by atoms with van der Waals surface area (Å²) in [6, 6.07) is 17.6. The SMILES string of the molecule is C=CC(=O)Nc1ccc2c(-c3ccccc3CNc3cc(Cl)nc4c(C(C)C)cnn34)nccc2c1. The molecule has 0 saturated carbocycles. The first-order chi connectivity index (χ1) is 17.4. The molecule has 0 aliphatic rings. The number of hydrogen-bond donors (Lipinski definition) is 2. The molecule has 36 heavy (non-hydrogen) atoms. The van der Waals surface area contributed by atoms with Crippen LogP contribution in [0.1, 0.15) is 30.9 Å². The lowest BCUT2D eigenvalue weighted by atomic mass is 9.99. The first-order valence-corrected chi connectivity index (χ1v) is 12.0. The molecule has 180 valence electrons. The van der Waals surface area contributed by atoms with Gasteiger partial charge in [0.1, 0.15) is 11.0 Å². The monoisotopic (exact) mass is 496 g/mol. The van der Waals surface area contributed by atoms with Gasteiger partial charge >= 0.3 is 0 Å². The van der Waals surface area contributed by atoms with Crippen LogP contribution < -0.4 is 10.6 Å². The summed E-state index contributed by atoms with van der Waals surface area (Å²) in [5.41, 5.74) is 5.45. The van der Waals surface area contributed by atoms with E-state index in [-0.39, 0.29) is 11.8 Å². The highest BCUT2D eigenvalue weighted by Crippen LogP contribution is 2.31. The fourth-order valence-electron chi connectivity index (χ4n) is 4.24. The molecule has 0 aliphatic carbocycles. The molecule has 3 aromatic heterocycles. The van der Waals surface area contributed by atoms with Gasteiger partial charge in [-0.2, -0.15) is 9.61 Å². The summed E-state index contributed by atoms with van der Waals surface area (Å²) in [5.74, 6) is 0.799. The Balaban J connectivity index is 1.49. The van der Waals surface area contributed by atoms with Gasteiger partial charge in [0.15, 0.2) is 5.65 Å². The quantitative estimate of drug-likeness (QED) is 0.199. The van der Waals surface area contributed by atoms with Crippen LogP contribution in [0, 0.1) is 0 Å². The van der Waals surface area contributed by atoms with Crippen LogP contribution in [0.5, 0.6) is 0 Å². The Morgan fingerprint density at radius 1 is 1.17 bits per heavy atom. The van der Waals surface area contributed by atoms with Crippen molar-refractivity contribution in [2.24, 2.45) is 0 Å². The molecule has 0 fully saturated rings. The van der Waals surface area contributed by atoms with E-state index in [0.717, 1.165) is 44.6 Å². The molecule has 8 heteroatoms. The summed E-state index contributed by atoms with van der Waals surface area (Å²) in [7, 11) is 0. The van der Waals surface area contributed by atoms with Crippen molar-refractivity contribution < 1.29 is 4.79 Å². The van der Waals surface area contributed by atoms with E-state index >= 15 is 0 Å². The molecule has 0 unspecified atom stereocenters. The number of hydrogen-bond acceptors (Lipinski definition) is 5. The van der Waals surface area contributed by atoms with Crippen LogP contribution in [-0.4, -0.2) is 25.5 Å². The minimum Gasteiger partial charge on any atom is -0.366 e. The van der Waals surface area contributed by atoms with E-state index in [1.54, 1.807) is 16.8 Å². The highest BCUT2D eigenvalue weighted by atomic mass is 35.5. The Morgan fingerprint density at radius 3 is 2.81 bits per heavy atom. The average Bonchev–Trinajstić information content (AvgIpc) is 3.31. The van der Waals surface area contributed by atoms with Gasteiger partial charge in [-0.1, -0.05) is 62.4 Å². The number of benzene rings is 2. The van der Waals surface area contributed by atoms with Crippen LogP contribution in [0.15, 0.2) is 79.6 Å². The van der Waals surface area contributed by atoms with Gasteiger partial charge in [0.2, 0.25) is 5.91 Å². The number of aromatic nitrogens is 4. The van der Waals surface area contributed by atoms with E-state index in [1.807, 2.05) is 42.6 Å². The molecule has 0 radical (unpaired) electrons. The summed E-state index contributed by atoms with van der Waals surface area (Å²) >= 11 is 6.35. The second kappa shape index (κ2) is 9.79. The van der Waals surface area contributed by atoms with Gasteiger partial charge in [-0.05, 0) is 41.1 Å². The summed E-state index contributed by atoms with van der Waals surface area (Å²) < 4.78 is 1.79. The van der Waals surface area contributed by atoms with Gasteiger partial charge in [-0.3, -0.25) is 9.78 Å². The van der Waals surface area contributed by atoms with E-state index in [1.165, 1.54) is 6.08 Å². The van der Waals surface area contributed by atoms with Crippen LogP contribution in [0.25, 0.3) is 27.7 Å². The highest BCUT2D eigenvalue weighted by Gasteiger charge is 2.15. The molecule has 0 spiro atoms. The smallest absolute Gasteiger partial charge is 0.247 e. The predicted octanol–water partition coefficient (Wildman–Crippen LogP) is 6.46. The number of carbonyl (C=O) groups is 1. The second-order valence-corrected chi connectivity index (χ2v) is 9.14. The fourth-order valence-corrected chi connectivity index (χ4v) is 4.42. The molecule has 2 aromatic carbocycles. The third kappa shape index (κ3) is 4.53. The Bertz CT molecular complexity index is 1610. The van der Waals surface area contributed by atoms with Crippen molar-refractivity contribution >= 4 is 45.4 Å². The molecule has 1 amide bonds. The highest BCUT2D eigenvalue weighted by molar-refractivity contribution is 6.29. The standard InChI is InChI=1S/C28H25ClN6O/c1-4-26(36)33-20-9-10-22-18(13-20)11-12-30-27(22)21-8-6-5-7-19(21)15-31-25-14-24(29)34-28-23(17(2)3)16-32-35(25)28/h4-14,16-17,31H,1,15H2,2-3H3,(H,33,36). The normalized spacial score (nSPS) is 11.2. The number of anilines is 2. The molecule has 0 aliphatic heterocycles. The molecular weight excluding hydrogens is 472 g/mol. The number of rotatable bonds is 7. The van der Waals surface area contributed by atoms with E-state index in [9.17, 15) is 4.79 Å². The third-order valence-electron chi connectivity index (χ3n) is 6.04. The topological polar surface area (TPSA) is 84.2 Å². The van der Waals surface area contributed by atoms with E-state index in [0.29, 0.717) is 17.4 Å². The van der Waals surface area contributed by atoms with Crippen molar-refractivity contribution in [1.82, 2.24) is 19.6 Å². The second-order valence-electron chi connectivity index (χ2n) is 8.75. The largest absolute Gasteiger partial charge is 0.366 e. The van der Waals surface area contributed by atoms with Crippen LogP contribution in [0.4, 0.5) is 11.5 Å². The minimum absolute atomic E-state index is 0.247. The number of nitrogens with one attached hydrogen (secondary N) is 2. The Hall–Kier alpha value is -4.23. The van der Waals surface area contributed by atoms with Gasteiger partial charge in [0.25, 0.3) is 0 Å². The molecule has 3 heterocycles. The summed E-state index contributed by atoms with van der Waals surface area (Å²) in [5, 5.41) is 13.2. The maximum Gasteiger partial charge on any atom is 0.247 e. The fraction of sp³-hybridized carbons (Fsp3) is 0.143. The maximum atomic E-state index is 11.7. The Morgan fingerprint density at radius 2 is 2.00 bits per heavy atom. The minimum atomic E-state index is -0.247. The Kier molecular flexibility index (Phi) is 6.40. The van der Waals surface area contributed by atoms with Crippen molar-refractivity contribution in [1.29, 1.82) is 0 Å². The lowest BCUT2D eigenvalue weighted by molar-refractivity contribution is -0.111. The lowest BCUT2D eigenvalue weighted by Gasteiger charge is -2.14. The van der Waals surface area contributed by atoms with Gasteiger partial charge in [0, 0.05) is 41.0 Å². The number of nitrogens with zero attached hydrogens (tertiary/aromatic N) is 4. The van der Waals surface area contributed by atoms with E-state index in [4.69, 9.17) is 16.6 Å². The zero-order chi connectivity index (χ0) is 25.2. The zero-order valence-electron chi connectivity index (χ0n) is 20.0. The number of pyridine rings is 1. The van der Waals surface area contributed by atoms with Crippen molar-refractivity contribution in [3.8, 4) is 11.3 Å². The van der Waals surface area contributed by atoms with E-state index in [2.05, 4.69) is 53.3 Å². The molecule has 0 saturated heterocycles. The Labute approximate surface area is 213 Å². The molecule has 2 N–H and O–H groups in total. The van der Waals surface area contributed by atoms with Crippen LogP contribution in [0.3, 0.4) is 0 Å². The van der Waals surface area contributed by atoms with Gasteiger partial charge in [-0.25, -0.2) is 4.98 Å². The van der Waals surface area contributed by atoms with Crippen molar-refractivity contribution in [2.45, 2.75) is 26.3 Å². The van der Waals surface area contributed by atoms with Gasteiger partial charge in [-0.15, -0.1) is 0 Å². The van der Waals surface area contributed by atoms with Crippen molar-refractivity contribution in [3.05, 3.63) is 95.9 Å². The number of fused-ring (bicyclic) bond motifs is 2. The first kappa shape index (κ1) is 23.5.